The van der Waals surface area contributed by atoms with E-state index in [2.05, 4.69) is 15.0 Å². The minimum Gasteiger partial charge on any atom is -0.390 e. The first-order valence-electron chi connectivity index (χ1n) is 14.6. The summed E-state index contributed by atoms with van der Waals surface area (Å²) >= 11 is 0. The molecule has 0 aromatic carbocycles. The van der Waals surface area contributed by atoms with Gasteiger partial charge in [0.15, 0.2) is 0 Å². The van der Waals surface area contributed by atoms with Gasteiger partial charge in [0.2, 0.25) is 0 Å². The number of hydrogen-bond acceptors (Lipinski definition) is 9. The van der Waals surface area contributed by atoms with E-state index in [1.54, 1.807) is 6.07 Å². The van der Waals surface area contributed by atoms with Gasteiger partial charge < -0.3 is 14.6 Å². The van der Waals surface area contributed by atoms with Gasteiger partial charge in [0.1, 0.15) is 0 Å². The van der Waals surface area contributed by atoms with Crippen LogP contribution in [0.15, 0.2) is 109 Å². The van der Waals surface area contributed by atoms with Crippen LogP contribution in [0.25, 0.3) is 34.2 Å². The van der Waals surface area contributed by atoms with E-state index in [9.17, 15) is 5.11 Å². The SMILES string of the molecule is Cc1cccc(-c2cccc(COCc3cccc(-c4cccc(COCc5cccc(-c6cccc(CO)n6)n5)n4)n3)n2)n1. The number of aromatic nitrogens is 6. The predicted octanol–water partition coefficient (Wildman–Crippen LogP) is 6.29. The van der Waals surface area contributed by atoms with Gasteiger partial charge in [-0.1, -0.05) is 36.4 Å². The van der Waals surface area contributed by atoms with Crippen molar-refractivity contribution in [1.82, 2.24) is 29.9 Å². The van der Waals surface area contributed by atoms with Gasteiger partial charge in [0, 0.05) is 5.69 Å². The number of hydrogen-bond donors (Lipinski definition) is 1. The van der Waals surface area contributed by atoms with E-state index in [1.807, 2.05) is 110 Å². The molecule has 1 N–H and O–H groups in total. The van der Waals surface area contributed by atoms with E-state index >= 15 is 0 Å². The molecule has 0 unspecified atom stereocenters. The molecule has 0 amide bonds. The molecule has 0 radical (unpaired) electrons. The topological polar surface area (TPSA) is 116 Å². The van der Waals surface area contributed by atoms with Crippen molar-refractivity contribution in [2.45, 2.75) is 40.0 Å². The van der Waals surface area contributed by atoms with Crippen LogP contribution in [-0.2, 0) is 42.5 Å². The molecule has 0 bridgehead atoms. The Balaban J connectivity index is 1.04. The minimum absolute atomic E-state index is 0.115. The zero-order valence-electron chi connectivity index (χ0n) is 24.9. The summed E-state index contributed by atoms with van der Waals surface area (Å²) in [6.07, 6.45) is 0. The molecule has 0 spiro atoms. The maximum atomic E-state index is 9.39. The van der Waals surface area contributed by atoms with E-state index in [4.69, 9.17) is 24.4 Å². The van der Waals surface area contributed by atoms with Crippen LogP contribution >= 0.6 is 0 Å². The van der Waals surface area contributed by atoms with Crippen molar-refractivity contribution < 1.29 is 14.6 Å². The summed E-state index contributed by atoms with van der Waals surface area (Å²) in [5.74, 6) is 0. The van der Waals surface area contributed by atoms with Crippen molar-refractivity contribution in [3.05, 3.63) is 143 Å². The van der Waals surface area contributed by atoms with Crippen LogP contribution in [0.2, 0.25) is 0 Å². The average molecular weight is 597 g/mol. The molecular weight excluding hydrogens is 564 g/mol. The molecule has 0 saturated heterocycles. The molecule has 0 atom stereocenters. The molecule has 6 aromatic heterocycles. The summed E-state index contributed by atoms with van der Waals surface area (Å²) in [6.45, 7) is 3.21. The number of rotatable bonds is 12. The van der Waals surface area contributed by atoms with Crippen molar-refractivity contribution in [2.24, 2.45) is 0 Å². The van der Waals surface area contributed by atoms with E-state index in [0.29, 0.717) is 37.8 Å². The molecule has 6 rings (SSSR count). The second-order valence-electron chi connectivity index (χ2n) is 10.4. The maximum Gasteiger partial charge on any atom is 0.0893 e. The number of aliphatic hydroxyl groups excluding tert-OH is 1. The maximum absolute atomic E-state index is 9.39. The van der Waals surface area contributed by atoms with Crippen LogP contribution in [-0.4, -0.2) is 35.0 Å². The fourth-order valence-electron chi connectivity index (χ4n) is 4.73. The Morgan fingerprint density at radius 3 is 1.02 bits per heavy atom. The van der Waals surface area contributed by atoms with Crippen molar-refractivity contribution in [3.8, 4) is 34.2 Å². The highest BCUT2D eigenvalue weighted by atomic mass is 16.5. The zero-order chi connectivity index (χ0) is 30.8. The lowest BCUT2D eigenvalue weighted by atomic mass is 10.2. The molecule has 45 heavy (non-hydrogen) atoms. The first-order chi connectivity index (χ1) is 22.1. The molecule has 0 fully saturated rings. The Hall–Kier alpha value is -5.22. The highest BCUT2D eigenvalue weighted by Crippen LogP contribution is 2.19. The molecule has 0 saturated carbocycles. The third-order valence-corrected chi connectivity index (χ3v) is 6.87. The second-order valence-corrected chi connectivity index (χ2v) is 10.4. The van der Waals surface area contributed by atoms with E-state index in [-0.39, 0.29) is 6.61 Å². The average Bonchev–Trinajstić information content (AvgIpc) is 3.09. The summed E-state index contributed by atoms with van der Waals surface area (Å²) in [6, 6.07) is 34.7. The number of nitrogens with zero attached hydrogens (tertiary/aromatic N) is 6. The fourth-order valence-corrected chi connectivity index (χ4v) is 4.73. The van der Waals surface area contributed by atoms with Crippen LogP contribution in [0.4, 0.5) is 0 Å². The third-order valence-electron chi connectivity index (χ3n) is 6.87. The molecule has 9 heteroatoms. The molecular formula is C36H32N6O3. The quantitative estimate of drug-likeness (QED) is 0.174. The van der Waals surface area contributed by atoms with E-state index < -0.39 is 0 Å². The van der Waals surface area contributed by atoms with E-state index in [0.717, 1.165) is 56.9 Å². The van der Waals surface area contributed by atoms with Crippen molar-refractivity contribution >= 4 is 0 Å². The lowest BCUT2D eigenvalue weighted by Crippen LogP contribution is -2.02. The van der Waals surface area contributed by atoms with Crippen LogP contribution in [0.3, 0.4) is 0 Å². The highest BCUT2D eigenvalue weighted by Gasteiger charge is 2.08. The molecule has 0 aliphatic rings. The van der Waals surface area contributed by atoms with E-state index in [1.165, 1.54) is 0 Å². The zero-order valence-corrected chi connectivity index (χ0v) is 24.9. The fraction of sp³-hybridized carbons (Fsp3) is 0.167. The molecule has 6 heterocycles. The summed E-state index contributed by atoms with van der Waals surface area (Å²) in [5.41, 5.74) is 9.37. The number of ether oxygens (including phenoxy) is 2. The van der Waals surface area contributed by atoms with Crippen molar-refractivity contribution in [2.75, 3.05) is 0 Å². The van der Waals surface area contributed by atoms with Gasteiger partial charge >= 0.3 is 0 Å². The Morgan fingerprint density at radius 1 is 0.400 bits per heavy atom. The smallest absolute Gasteiger partial charge is 0.0893 e. The molecule has 0 aliphatic heterocycles. The number of pyridine rings is 6. The van der Waals surface area contributed by atoms with Crippen molar-refractivity contribution in [3.63, 3.8) is 0 Å². The van der Waals surface area contributed by atoms with Crippen LogP contribution < -0.4 is 0 Å². The van der Waals surface area contributed by atoms with Gasteiger partial charge in [0.25, 0.3) is 0 Å². The Morgan fingerprint density at radius 2 is 0.689 bits per heavy atom. The molecule has 9 nitrogen and oxygen atoms in total. The third kappa shape index (κ3) is 8.04. The van der Waals surface area contributed by atoms with Crippen LogP contribution in [0, 0.1) is 6.92 Å². The van der Waals surface area contributed by atoms with Gasteiger partial charge in [-0.2, -0.15) is 0 Å². The lowest BCUT2D eigenvalue weighted by Gasteiger charge is -2.09. The first kappa shape index (κ1) is 29.8. The molecule has 0 aliphatic carbocycles. The van der Waals surface area contributed by atoms with Crippen LogP contribution in [0.1, 0.15) is 34.2 Å². The summed E-state index contributed by atoms with van der Waals surface area (Å²) < 4.78 is 11.9. The first-order valence-corrected chi connectivity index (χ1v) is 14.6. The Kier molecular flexibility index (Phi) is 9.61. The summed E-state index contributed by atoms with van der Waals surface area (Å²) in [4.78, 5) is 27.9. The second kappa shape index (κ2) is 14.5. The molecule has 224 valence electrons. The highest BCUT2D eigenvalue weighted by molar-refractivity contribution is 5.56. The van der Waals surface area contributed by atoms with Gasteiger partial charge in [0.05, 0.1) is 95.7 Å². The largest absolute Gasteiger partial charge is 0.390 e. The summed E-state index contributed by atoms with van der Waals surface area (Å²) in [5, 5.41) is 9.39. The lowest BCUT2D eigenvalue weighted by molar-refractivity contribution is 0.102. The summed E-state index contributed by atoms with van der Waals surface area (Å²) in [7, 11) is 0. The Bertz CT molecular complexity index is 1900. The normalized spacial score (nSPS) is 11.1. The van der Waals surface area contributed by atoms with Gasteiger partial charge in [-0.15, -0.1) is 0 Å². The minimum atomic E-state index is -0.115. The van der Waals surface area contributed by atoms with Gasteiger partial charge in [-0.3, -0.25) is 4.98 Å². The number of aliphatic hydroxyl groups is 1. The standard InChI is InChI=1S/C36H32N6O3/c1-25-8-2-14-31(37-25)32-16-4-10-27(39-32)21-44-23-29-12-6-18-35(41-29)36-19-7-13-30(42-36)24-45-22-28-11-5-17-34(40-28)33-15-3-9-26(20-43)38-33/h2-19,43H,20-24H2,1H3. The van der Waals surface area contributed by atoms with Gasteiger partial charge in [-0.25, -0.2) is 24.9 Å². The number of aryl methyl sites for hydroxylation is 1. The predicted molar refractivity (Wildman–Crippen MR) is 170 cm³/mol. The molecule has 6 aromatic rings. The monoisotopic (exact) mass is 596 g/mol. The van der Waals surface area contributed by atoms with Crippen molar-refractivity contribution in [1.29, 1.82) is 0 Å². The van der Waals surface area contributed by atoms with Crippen LogP contribution in [0.5, 0.6) is 0 Å². The Labute approximate surface area is 261 Å². The van der Waals surface area contributed by atoms with Gasteiger partial charge in [-0.05, 0) is 79.7 Å².